The quantitative estimate of drug-likeness (QED) is 0.201. The van der Waals surface area contributed by atoms with Crippen molar-refractivity contribution in [1.82, 2.24) is 29.7 Å². The van der Waals surface area contributed by atoms with Crippen molar-refractivity contribution >= 4 is 56.2 Å². The first-order chi connectivity index (χ1) is 21.3. The highest BCUT2D eigenvalue weighted by Crippen LogP contribution is 2.38. The maximum absolute atomic E-state index is 15.4. The molecule has 3 aromatic heterocycles. The molecule has 4 heterocycles. The fourth-order valence-electron chi connectivity index (χ4n) is 5.24. The average Bonchev–Trinajstić information content (AvgIpc) is 3.56. The first-order valence-electron chi connectivity index (χ1n) is 13.9. The Bertz CT molecular complexity index is 1810. The Balaban J connectivity index is 1.66. The van der Waals surface area contributed by atoms with Crippen LogP contribution in [0, 0.1) is 6.92 Å². The van der Waals surface area contributed by atoms with E-state index in [9.17, 15) is 19.2 Å². The number of halogens is 2. The van der Waals surface area contributed by atoms with Crippen LogP contribution in [0.5, 0.6) is 5.75 Å². The number of fused-ring (bicyclic) bond motifs is 1. The second-order valence-electron chi connectivity index (χ2n) is 10.8. The van der Waals surface area contributed by atoms with E-state index in [0.29, 0.717) is 32.5 Å². The SMILES string of the molecule is CC(=O)N(C(=O)C1(C(C)=O)CC(F)CN1n1ncc2cc(-c3cnc(C)nc3)c(OCC(=O)N(C)C)cc21)c1cccc(Br)n1. The Morgan fingerprint density at radius 1 is 1.11 bits per heavy atom. The number of likely N-dealkylation sites (N-methyl/N-ethyl adjacent to an activating group) is 1. The number of hydrogen-bond acceptors (Lipinski definition) is 10. The summed E-state index contributed by atoms with van der Waals surface area (Å²) in [5, 5.41) is 6.25. The minimum atomic E-state index is -2.14. The Labute approximate surface area is 266 Å². The van der Waals surface area contributed by atoms with E-state index in [2.05, 4.69) is 36.0 Å². The topological polar surface area (TPSA) is 144 Å². The predicted molar refractivity (Wildman–Crippen MR) is 166 cm³/mol. The Kier molecular flexibility index (Phi) is 8.65. The van der Waals surface area contributed by atoms with E-state index in [0.717, 1.165) is 4.90 Å². The molecule has 4 aromatic rings. The summed E-state index contributed by atoms with van der Waals surface area (Å²) >= 11 is 3.24. The zero-order valence-electron chi connectivity index (χ0n) is 25.2. The Hall–Kier alpha value is -4.79. The number of hydrogen-bond donors (Lipinski definition) is 0. The molecule has 234 valence electrons. The van der Waals surface area contributed by atoms with Gasteiger partial charge in [-0.25, -0.2) is 24.2 Å². The van der Waals surface area contributed by atoms with Gasteiger partial charge < -0.3 is 9.64 Å². The normalized spacial score (nSPS) is 17.8. The van der Waals surface area contributed by atoms with Crippen molar-refractivity contribution in [3.8, 4) is 16.9 Å². The highest BCUT2D eigenvalue weighted by molar-refractivity contribution is 9.10. The number of Topliss-reactive ketones (excluding diaryl/α,β-unsaturated/α-hetero) is 1. The van der Waals surface area contributed by atoms with Crippen LogP contribution in [0.4, 0.5) is 10.2 Å². The second-order valence-corrected chi connectivity index (χ2v) is 11.6. The zero-order valence-corrected chi connectivity index (χ0v) is 26.8. The molecule has 2 atom stereocenters. The van der Waals surface area contributed by atoms with Crippen molar-refractivity contribution in [1.29, 1.82) is 0 Å². The molecule has 2 unspecified atom stereocenters. The summed E-state index contributed by atoms with van der Waals surface area (Å²) in [7, 11) is 3.21. The van der Waals surface area contributed by atoms with Crippen molar-refractivity contribution < 1.29 is 28.3 Å². The zero-order chi connectivity index (χ0) is 32.6. The molecular formula is C30H30BrFN8O5. The van der Waals surface area contributed by atoms with Gasteiger partial charge in [0.25, 0.3) is 11.8 Å². The summed E-state index contributed by atoms with van der Waals surface area (Å²) in [4.78, 5) is 69.3. The van der Waals surface area contributed by atoms with E-state index >= 15 is 4.39 Å². The van der Waals surface area contributed by atoms with E-state index in [1.54, 1.807) is 57.7 Å². The van der Waals surface area contributed by atoms with Gasteiger partial charge in [-0.05, 0) is 48.0 Å². The molecule has 0 N–H and O–H groups in total. The lowest BCUT2D eigenvalue weighted by atomic mass is 9.90. The number of amides is 3. The van der Waals surface area contributed by atoms with Crippen LogP contribution in [0.2, 0.25) is 0 Å². The van der Waals surface area contributed by atoms with Crippen LogP contribution in [-0.4, -0.2) is 92.2 Å². The third kappa shape index (κ3) is 5.87. The van der Waals surface area contributed by atoms with Crippen molar-refractivity contribution in [3.63, 3.8) is 0 Å². The predicted octanol–water partition coefficient (Wildman–Crippen LogP) is 3.01. The van der Waals surface area contributed by atoms with Crippen LogP contribution in [0.15, 0.2) is 53.5 Å². The van der Waals surface area contributed by atoms with E-state index < -0.39 is 35.7 Å². The Morgan fingerprint density at radius 2 is 1.82 bits per heavy atom. The van der Waals surface area contributed by atoms with Crippen molar-refractivity contribution in [2.45, 2.75) is 38.9 Å². The lowest BCUT2D eigenvalue weighted by molar-refractivity contribution is -0.136. The highest BCUT2D eigenvalue weighted by atomic mass is 79.9. The number of alkyl halides is 1. The van der Waals surface area contributed by atoms with Gasteiger partial charge in [0.1, 0.15) is 28.2 Å². The number of aromatic nitrogens is 5. The van der Waals surface area contributed by atoms with Crippen molar-refractivity contribution in [2.24, 2.45) is 0 Å². The molecule has 13 nitrogen and oxygen atoms in total. The molecule has 0 saturated carbocycles. The van der Waals surface area contributed by atoms with Gasteiger partial charge >= 0.3 is 0 Å². The summed E-state index contributed by atoms with van der Waals surface area (Å²) in [6.07, 6.45) is 2.61. The number of carbonyl (C=O) groups is 4. The van der Waals surface area contributed by atoms with Crippen LogP contribution < -0.4 is 14.6 Å². The number of imide groups is 1. The number of ether oxygens (including phenoxy) is 1. The van der Waals surface area contributed by atoms with E-state index in [1.165, 1.54) is 40.8 Å². The van der Waals surface area contributed by atoms with E-state index in [4.69, 9.17) is 4.74 Å². The van der Waals surface area contributed by atoms with Gasteiger partial charge in [0, 0.05) is 62.4 Å². The number of nitrogens with zero attached hydrogens (tertiary/aromatic N) is 8. The standard InChI is InChI=1S/C30H30BrFN8O5/c1-17(41)30(29(44)39(19(3)42)27-8-6-7-26(31)36-27)11-22(32)15-38(30)40-24-10-25(45-16-28(43)37(4)5)23(9-20(24)14-35-40)21-12-33-18(2)34-13-21/h6-10,12-14,22H,11,15-16H2,1-5H3. The molecule has 1 aliphatic rings. The molecular weight excluding hydrogens is 651 g/mol. The second kappa shape index (κ2) is 12.3. The van der Waals surface area contributed by atoms with Crippen LogP contribution >= 0.6 is 15.9 Å². The fourth-order valence-corrected chi connectivity index (χ4v) is 5.58. The number of pyridine rings is 1. The third-order valence-corrected chi connectivity index (χ3v) is 7.98. The first-order valence-corrected chi connectivity index (χ1v) is 14.7. The van der Waals surface area contributed by atoms with Crippen molar-refractivity contribution in [2.75, 3.05) is 37.2 Å². The summed E-state index contributed by atoms with van der Waals surface area (Å²) in [5.41, 5.74) is -0.601. The molecule has 0 aliphatic carbocycles. The summed E-state index contributed by atoms with van der Waals surface area (Å²) < 4.78 is 21.7. The average molecular weight is 682 g/mol. The number of anilines is 1. The smallest absolute Gasteiger partial charge is 0.270 e. The third-order valence-electron chi connectivity index (χ3n) is 7.53. The number of aryl methyl sites for hydroxylation is 1. The molecule has 1 fully saturated rings. The number of carbonyl (C=O) groups excluding carboxylic acids is 4. The first kappa shape index (κ1) is 31.6. The fraction of sp³-hybridized carbons (Fsp3) is 0.333. The summed E-state index contributed by atoms with van der Waals surface area (Å²) in [5.74, 6) is -1.83. The largest absolute Gasteiger partial charge is 0.483 e. The van der Waals surface area contributed by atoms with Gasteiger partial charge in [-0.2, -0.15) is 9.89 Å². The van der Waals surface area contributed by atoms with E-state index in [-0.39, 0.29) is 30.6 Å². The Morgan fingerprint density at radius 3 is 2.44 bits per heavy atom. The van der Waals surface area contributed by atoms with Crippen LogP contribution in [-0.2, 0) is 19.2 Å². The lowest BCUT2D eigenvalue weighted by Crippen LogP contribution is -2.65. The lowest BCUT2D eigenvalue weighted by Gasteiger charge is -2.38. The molecule has 3 amide bonds. The van der Waals surface area contributed by atoms with Gasteiger partial charge in [-0.3, -0.25) is 24.2 Å². The van der Waals surface area contributed by atoms with Gasteiger partial charge in [0.05, 0.1) is 18.3 Å². The number of ketones is 1. The molecule has 45 heavy (non-hydrogen) atoms. The van der Waals surface area contributed by atoms with Gasteiger partial charge in [-0.15, -0.1) is 0 Å². The molecule has 0 spiro atoms. The minimum Gasteiger partial charge on any atom is -0.483 e. The molecule has 1 aliphatic heterocycles. The monoisotopic (exact) mass is 680 g/mol. The molecule has 5 rings (SSSR count). The molecule has 0 bridgehead atoms. The number of benzene rings is 1. The molecule has 15 heteroatoms. The van der Waals surface area contributed by atoms with Gasteiger partial charge in [-0.1, -0.05) is 6.07 Å². The maximum Gasteiger partial charge on any atom is 0.270 e. The van der Waals surface area contributed by atoms with Gasteiger partial charge in [0.15, 0.2) is 17.9 Å². The highest BCUT2D eigenvalue weighted by Gasteiger charge is 2.59. The van der Waals surface area contributed by atoms with Crippen LogP contribution in [0.3, 0.4) is 0 Å². The maximum atomic E-state index is 15.4. The van der Waals surface area contributed by atoms with Gasteiger partial charge in [0.2, 0.25) is 5.91 Å². The number of rotatable bonds is 8. The van der Waals surface area contributed by atoms with Crippen LogP contribution in [0.1, 0.15) is 26.1 Å². The molecule has 1 aromatic carbocycles. The molecule has 1 saturated heterocycles. The summed E-state index contributed by atoms with van der Waals surface area (Å²) in [6.45, 7) is 3.44. The molecule has 0 radical (unpaired) electrons. The van der Waals surface area contributed by atoms with Crippen molar-refractivity contribution in [3.05, 3.63) is 59.3 Å². The minimum absolute atomic E-state index is 0.0266. The summed E-state index contributed by atoms with van der Waals surface area (Å²) in [6, 6.07) is 7.99. The van der Waals surface area contributed by atoms with Crippen LogP contribution in [0.25, 0.3) is 22.0 Å². The van der Waals surface area contributed by atoms with E-state index in [1.807, 2.05) is 0 Å².